The van der Waals surface area contributed by atoms with E-state index in [2.05, 4.69) is 10.6 Å². The van der Waals surface area contributed by atoms with Gasteiger partial charge in [-0.25, -0.2) is 0 Å². The van der Waals surface area contributed by atoms with Gasteiger partial charge in [0.25, 0.3) is 5.91 Å². The number of carbonyl (C=O) groups excluding carboxylic acids is 1. The van der Waals surface area contributed by atoms with Gasteiger partial charge in [0.05, 0.1) is 0 Å². The van der Waals surface area contributed by atoms with Gasteiger partial charge in [-0.05, 0) is 36.1 Å². The van der Waals surface area contributed by atoms with Crippen molar-refractivity contribution in [2.75, 3.05) is 13.1 Å². The van der Waals surface area contributed by atoms with Crippen LogP contribution in [0.2, 0.25) is 0 Å². The van der Waals surface area contributed by atoms with Crippen molar-refractivity contribution >= 4 is 11.9 Å². The van der Waals surface area contributed by atoms with Gasteiger partial charge < -0.3 is 15.7 Å². The van der Waals surface area contributed by atoms with E-state index < -0.39 is 5.97 Å². The Morgan fingerprint density at radius 2 is 2.24 bits per heavy atom. The Hall–Kier alpha value is -1.88. The molecule has 0 aliphatic carbocycles. The fraction of sp³-hybridized carbons (Fsp3) is 0.500. The number of aliphatic carboxylic acids is 1. The van der Waals surface area contributed by atoms with Crippen molar-refractivity contribution in [1.29, 1.82) is 0 Å². The average Bonchev–Trinajstić information content (AvgIpc) is 2.50. The molecule has 1 aromatic carbocycles. The minimum absolute atomic E-state index is 0.0207. The molecule has 0 saturated carbocycles. The van der Waals surface area contributed by atoms with Crippen LogP contribution in [0.25, 0.3) is 0 Å². The van der Waals surface area contributed by atoms with E-state index in [1.54, 1.807) is 0 Å². The third-order valence-electron chi connectivity index (χ3n) is 3.98. The van der Waals surface area contributed by atoms with Crippen LogP contribution < -0.4 is 10.6 Å². The average molecular weight is 290 g/mol. The highest BCUT2D eigenvalue weighted by Gasteiger charge is 2.18. The summed E-state index contributed by atoms with van der Waals surface area (Å²) in [5.41, 5.74) is 3.01. The molecule has 2 rings (SSSR count). The molecule has 21 heavy (non-hydrogen) atoms. The third kappa shape index (κ3) is 4.04. The van der Waals surface area contributed by atoms with Crippen LogP contribution in [0, 0.1) is 5.92 Å². The Balaban J connectivity index is 2.02. The van der Waals surface area contributed by atoms with Crippen LogP contribution in [0.4, 0.5) is 0 Å². The molecule has 0 aromatic heterocycles. The Labute approximate surface area is 124 Å². The number of amides is 1. The number of carboxylic acids is 1. The first-order chi connectivity index (χ1) is 10.1. The lowest BCUT2D eigenvalue weighted by atomic mass is 9.95. The zero-order valence-electron chi connectivity index (χ0n) is 12.3. The van der Waals surface area contributed by atoms with Gasteiger partial charge in [0, 0.05) is 25.1 Å². The van der Waals surface area contributed by atoms with Crippen LogP contribution >= 0.6 is 0 Å². The molecule has 1 aliphatic rings. The minimum atomic E-state index is -0.820. The zero-order chi connectivity index (χ0) is 15.2. The summed E-state index contributed by atoms with van der Waals surface area (Å²) in [5, 5.41) is 15.0. The fourth-order valence-electron chi connectivity index (χ4n) is 2.68. The van der Waals surface area contributed by atoms with Gasteiger partial charge in [-0.2, -0.15) is 0 Å². The number of carboxylic acid groups (broad SMARTS) is 1. The predicted octanol–water partition coefficient (Wildman–Crippen LogP) is 1.56. The minimum Gasteiger partial charge on any atom is -0.481 e. The second-order valence-corrected chi connectivity index (χ2v) is 5.45. The quantitative estimate of drug-likeness (QED) is 0.743. The molecule has 5 heteroatoms. The van der Waals surface area contributed by atoms with E-state index in [1.165, 1.54) is 5.56 Å². The maximum Gasteiger partial charge on any atom is 0.303 e. The number of hydrogen-bond donors (Lipinski definition) is 3. The highest BCUT2D eigenvalue weighted by molar-refractivity contribution is 5.96. The fourth-order valence-corrected chi connectivity index (χ4v) is 2.68. The lowest BCUT2D eigenvalue weighted by molar-refractivity contribution is -0.138. The molecule has 1 heterocycles. The Morgan fingerprint density at radius 3 is 2.95 bits per heavy atom. The number of benzene rings is 1. The molecule has 0 bridgehead atoms. The molecule has 0 radical (unpaired) electrons. The number of nitrogens with one attached hydrogen (secondary N) is 2. The highest BCUT2D eigenvalue weighted by atomic mass is 16.4. The second kappa shape index (κ2) is 7.22. The zero-order valence-corrected chi connectivity index (χ0v) is 12.3. The molecular weight excluding hydrogens is 268 g/mol. The molecule has 1 unspecified atom stereocenters. The largest absolute Gasteiger partial charge is 0.481 e. The smallest absolute Gasteiger partial charge is 0.303 e. The van der Waals surface area contributed by atoms with E-state index in [4.69, 9.17) is 5.11 Å². The maximum atomic E-state index is 12.3. The number of hydrogen-bond acceptors (Lipinski definition) is 3. The molecule has 0 saturated heterocycles. The van der Waals surface area contributed by atoms with Crippen LogP contribution in [0.5, 0.6) is 0 Å². The molecule has 3 N–H and O–H groups in total. The predicted molar refractivity (Wildman–Crippen MR) is 80.2 cm³/mol. The first-order valence-electron chi connectivity index (χ1n) is 7.43. The van der Waals surface area contributed by atoms with Crippen LogP contribution in [0.3, 0.4) is 0 Å². The van der Waals surface area contributed by atoms with E-state index in [0.717, 1.165) is 37.1 Å². The van der Waals surface area contributed by atoms with E-state index in [1.807, 2.05) is 25.1 Å². The van der Waals surface area contributed by atoms with Gasteiger partial charge in [0.2, 0.25) is 0 Å². The van der Waals surface area contributed by atoms with Crippen molar-refractivity contribution in [2.45, 2.75) is 32.7 Å². The Kier molecular flexibility index (Phi) is 5.33. The van der Waals surface area contributed by atoms with Crippen molar-refractivity contribution in [3.05, 3.63) is 34.9 Å². The maximum absolute atomic E-state index is 12.3. The summed E-state index contributed by atoms with van der Waals surface area (Å²) in [5.74, 6) is -0.940. The van der Waals surface area contributed by atoms with Crippen LogP contribution in [-0.2, 0) is 17.8 Å². The summed E-state index contributed by atoms with van der Waals surface area (Å²) in [6.45, 7) is 4.03. The van der Waals surface area contributed by atoms with Gasteiger partial charge in [-0.15, -0.1) is 0 Å². The lowest BCUT2D eigenvalue weighted by Crippen LogP contribution is -2.32. The molecule has 0 fully saturated rings. The van der Waals surface area contributed by atoms with Gasteiger partial charge in [0.15, 0.2) is 0 Å². The van der Waals surface area contributed by atoms with Crippen molar-refractivity contribution in [3.8, 4) is 0 Å². The van der Waals surface area contributed by atoms with Gasteiger partial charge in [0.1, 0.15) is 0 Å². The van der Waals surface area contributed by atoms with Crippen molar-refractivity contribution in [3.63, 3.8) is 0 Å². The van der Waals surface area contributed by atoms with Crippen molar-refractivity contribution in [2.24, 2.45) is 5.92 Å². The monoisotopic (exact) mass is 290 g/mol. The third-order valence-corrected chi connectivity index (χ3v) is 3.98. The second-order valence-electron chi connectivity index (χ2n) is 5.45. The molecule has 0 spiro atoms. The summed E-state index contributed by atoms with van der Waals surface area (Å²) in [7, 11) is 0. The van der Waals surface area contributed by atoms with Crippen molar-refractivity contribution in [1.82, 2.24) is 10.6 Å². The summed E-state index contributed by atoms with van der Waals surface area (Å²) in [6, 6.07) is 5.78. The molecule has 1 amide bonds. The van der Waals surface area contributed by atoms with Crippen LogP contribution in [0.15, 0.2) is 18.2 Å². The lowest BCUT2D eigenvalue weighted by Gasteiger charge is -2.20. The van der Waals surface area contributed by atoms with E-state index in [0.29, 0.717) is 6.54 Å². The summed E-state index contributed by atoms with van der Waals surface area (Å²) in [4.78, 5) is 23.1. The first kappa shape index (κ1) is 15.5. The molecule has 114 valence electrons. The number of rotatable bonds is 6. The van der Waals surface area contributed by atoms with E-state index >= 15 is 0 Å². The molecule has 1 aromatic rings. The highest BCUT2D eigenvalue weighted by Crippen LogP contribution is 2.18. The molecule has 1 aliphatic heterocycles. The summed E-state index contributed by atoms with van der Waals surface area (Å²) in [6.07, 6.45) is 1.68. The normalized spacial score (nSPS) is 15.1. The van der Waals surface area contributed by atoms with Crippen LogP contribution in [-0.4, -0.2) is 30.1 Å². The summed E-state index contributed by atoms with van der Waals surface area (Å²) >= 11 is 0. The molecule has 5 nitrogen and oxygen atoms in total. The number of fused-ring (bicyclic) bond motifs is 1. The van der Waals surface area contributed by atoms with Gasteiger partial charge in [-0.3, -0.25) is 9.59 Å². The van der Waals surface area contributed by atoms with E-state index in [-0.39, 0.29) is 18.2 Å². The standard InChI is InChI=1S/C16H22N2O3/c1-2-11(8-15(19)20)9-18-16(21)14-5-3-4-12-10-17-7-6-13(12)14/h3-5,11,17H,2,6-10H2,1H3,(H,18,21)(H,19,20). The van der Waals surface area contributed by atoms with Crippen molar-refractivity contribution < 1.29 is 14.7 Å². The van der Waals surface area contributed by atoms with Crippen LogP contribution in [0.1, 0.15) is 41.3 Å². The van der Waals surface area contributed by atoms with Gasteiger partial charge in [-0.1, -0.05) is 25.5 Å². The number of carbonyl (C=O) groups is 2. The molecule has 1 atom stereocenters. The SMILES string of the molecule is CCC(CNC(=O)c1cccc2c1CCNC2)CC(=O)O. The van der Waals surface area contributed by atoms with E-state index in [9.17, 15) is 9.59 Å². The topological polar surface area (TPSA) is 78.4 Å². The Morgan fingerprint density at radius 1 is 1.43 bits per heavy atom. The first-order valence-corrected chi connectivity index (χ1v) is 7.43. The van der Waals surface area contributed by atoms with Gasteiger partial charge >= 0.3 is 5.97 Å². The molecular formula is C16H22N2O3. The Bertz CT molecular complexity index is 528. The summed E-state index contributed by atoms with van der Waals surface area (Å²) < 4.78 is 0.